The fourth-order valence-corrected chi connectivity index (χ4v) is 4.74. The van der Waals surface area contributed by atoms with Gasteiger partial charge in [-0.3, -0.25) is 4.57 Å². The molecule has 0 saturated heterocycles. The second-order valence-corrected chi connectivity index (χ2v) is 8.65. The molecule has 2 unspecified atom stereocenters. The molecule has 0 N–H and O–H groups in total. The van der Waals surface area contributed by atoms with Crippen LogP contribution in [0.25, 0.3) is 22.0 Å². The third-order valence-electron chi connectivity index (χ3n) is 6.48. The van der Waals surface area contributed by atoms with Crippen LogP contribution in [0.4, 0.5) is 0 Å². The maximum atomic E-state index is 9.82. The Kier molecular flexibility index (Phi) is 6.37. The van der Waals surface area contributed by atoms with Gasteiger partial charge in [-0.1, -0.05) is 81.0 Å². The minimum absolute atomic E-state index is 0.304. The molecule has 2 atom stereocenters. The quantitative estimate of drug-likeness (QED) is 0.384. The summed E-state index contributed by atoms with van der Waals surface area (Å²) in [4.78, 5) is 0. The van der Waals surface area contributed by atoms with Crippen LogP contribution in [-0.2, 0) is 0 Å². The van der Waals surface area contributed by atoms with Crippen molar-refractivity contribution < 1.29 is 0 Å². The van der Waals surface area contributed by atoms with Crippen molar-refractivity contribution >= 4 is 16.3 Å². The van der Waals surface area contributed by atoms with Gasteiger partial charge in [-0.15, -0.1) is 10.2 Å². The first-order valence-corrected chi connectivity index (χ1v) is 11.5. The van der Waals surface area contributed by atoms with Crippen LogP contribution in [0.2, 0.25) is 0 Å². The molecule has 1 aliphatic rings. The van der Waals surface area contributed by atoms with E-state index in [0.29, 0.717) is 17.7 Å². The minimum atomic E-state index is 0.304. The van der Waals surface area contributed by atoms with Gasteiger partial charge in [-0.25, -0.2) is 0 Å². The molecule has 0 fully saturated rings. The third kappa shape index (κ3) is 4.03. The van der Waals surface area contributed by atoms with Gasteiger partial charge in [0.05, 0.1) is 5.69 Å². The Morgan fingerprint density at radius 3 is 2.59 bits per heavy atom. The van der Waals surface area contributed by atoms with Crippen molar-refractivity contribution in [2.24, 2.45) is 11.8 Å². The van der Waals surface area contributed by atoms with Gasteiger partial charge in [0.2, 0.25) is 5.82 Å². The Balaban J connectivity index is 1.85. The number of benzene rings is 2. The fraction of sp³-hybridized carbons (Fsp3) is 0.321. The zero-order valence-electron chi connectivity index (χ0n) is 19.2. The van der Waals surface area contributed by atoms with Crippen LogP contribution in [0, 0.1) is 23.2 Å². The highest BCUT2D eigenvalue weighted by Crippen LogP contribution is 2.39. The van der Waals surface area contributed by atoms with Crippen molar-refractivity contribution in [1.29, 1.82) is 5.26 Å². The Labute approximate surface area is 190 Å². The number of aromatic nitrogens is 3. The zero-order valence-corrected chi connectivity index (χ0v) is 19.2. The Morgan fingerprint density at radius 2 is 1.84 bits per heavy atom. The molecule has 2 aromatic carbocycles. The van der Waals surface area contributed by atoms with Gasteiger partial charge in [0.25, 0.3) is 0 Å². The van der Waals surface area contributed by atoms with Crippen LogP contribution < -0.4 is 0 Å². The van der Waals surface area contributed by atoms with Crippen molar-refractivity contribution in [2.45, 2.75) is 46.5 Å². The summed E-state index contributed by atoms with van der Waals surface area (Å²) in [6.45, 7) is 10.8. The number of hydrogen-bond acceptors (Lipinski definition) is 3. The molecule has 0 saturated carbocycles. The number of hydrogen-bond donors (Lipinski definition) is 0. The van der Waals surface area contributed by atoms with Gasteiger partial charge in [0.15, 0.2) is 5.82 Å². The van der Waals surface area contributed by atoms with Crippen LogP contribution in [0.3, 0.4) is 0 Å². The average molecular weight is 423 g/mol. The van der Waals surface area contributed by atoms with E-state index in [-0.39, 0.29) is 0 Å². The SMILES string of the molecule is C=C(CC)CC1C=C(C)C(c2nnc(C#N)n2-c2cccc3ccccc23)=CC1CCC. The molecular weight excluding hydrogens is 392 g/mol. The molecule has 4 rings (SSSR count). The summed E-state index contributed by atoms with van der Waals surface area (Å²) >= 11 is 0. The van der Waals surface area contributed by atoms with E-state index in [0.717, 1.165) is 53.5 Å². The molecule has 32 heavy (non-hydrogen) atoms. The van der Waals surface area contributed by atoms with E-state index in [2.05, 4.69) is 74.0 Å². The number of nitriles is 1. The molecule has 0 aliphatic heterocycles. The maximum absolute atomic E-state index is 9.82. The van der Waals surface area contributed by atoms with E-state index in [4.69, 9.17) is 0 Å². The molecule has 1 heterocycles. The molecule has 0 spiro atoms. The number of allylic oxidation sites excluding steroid dienone is 5. The molecule has 4 heteroatoms. The predicted octanol–water partition coefficient (Wildman–Crippen LogP) is 7.02. The first-order valence-electron chi connectivity index (χ1n) is 11.5. The zero-order chi connectivity index (χ0) is 22.7. The summed E-state index contributed by atoms with van der Waals surface area (Å²) in [5.41, 5.74) is 4.48. The van der Waals surface area contributed by atoms with Crippen LogP contribution >= 0.6 is 0 Å². The summed E-state index contributed by atoms with van der Waals surface area (Å²) in [5.74, 6) is 1.92. The molecule has 1 aliphatic carbocycles. The van der Waals surface area contributed by atoms with Crippen molar-refractivity contribution in [1.82, 2.24) is 14.8 Å². The fourth-order valence-electron chi connectivity index (χ4n) is 4.74. The lowest BCUT2D eigenvalue weighted by Crippen LogP contribution is -2.17. The highest BCUT2D eigenvalue weighted by atomic mass is 15.3. The van der Waals surface area contributed by atoms with Crippen molar-refractivity contribution in [3.8, 4) is 11.8 Å². The second-order valence-electron chi connectivity index (χ2n) is 8.65. The second kappa shape index (κ2) is 9.36. The predicted molar refractivity (Wildman–Crippen MR) is 131 cm³/mol. The molecule has 1 aromatic heterocycles. The van der Waals surface area contributed by atoms with Gasteiger partial charge < -0.3 is 0 Å². The van der Waals surface area contributed by atoms with Crippen molar-refractivity contribution in [3.63, 3.8) is 0 Å². The van der Waals surface area contributed by atoms with Gasteiger partial charge in [0.1, 0.15) is 6.07 Å². The van der Waals surface area contributed by atoms with Gasteiger partial charge in [-0.05, 0) is 55.0 Å². The molecular formula is C28H30N4. The minimum Gasteiger partial charge on any atom is -0.266 e. The third-order valence-corrected chi connectivity index (χ3v) is 6.48. The maximum Gasteiger partial charge on any atom is 0.239 e. The highest BCUT2D eigenvalue weighted by Gasteiger charge is 2.27. The highest BCUT2D eigenvalue weighted by molar-refractivity contribution is 5.91. The van der Waals surface area contributed by atoms with Gasteiger partial charge in [0, 0.05) is 11.0 Å². The van der Waals surface area contributed by atoms with Crippen LogP contribution in [0.15, 0.2) is 72.3 Å². The van der Waals surface area contributed by atoms with E-state index >= 15 is 0 Å². The molecule has 0 amide bonds. The van der Waals surface area contributed by atoms with E-state index < -0.39 is 0 Å². The molecule has 4 nitrogen and oxygen atoms in total. The summed E-state index contributed by atoms with van der Waals surface area (Å²) < 4.78 is 1.92. The molecule has 0 bridgehead atoms. The van der Waals surface area contributed by atoms with Crippen molar-refractivity contribution in [3.05, 3.63) is 84.0 Å². The molecule has 3 aromatic rings. The Hall–Kier alpha value is -3.45. The Bertz CT molecular complexity index is 1250. The summed E-state index contributed by atoms with van der Waals surface area (Å²) in [6.07, 6.45) is 9.00. The summed E-state index contributed by atoms with van der Waals surface area (Å²) in [5, 5.41) is 20.8. The Morgan fingerprint density at radius 1 is 1.06 bits per heavy atom. The number of fused-ring (bicyclic) bond motifs is 1. The standard InChI is InChI=1S/C28H30N4/c1-5-10-22-17-25(20(4)16-23(22)15-19(3)6-2)28-31-30-27(18-29)32(28)26-14-9-12-21-11-7-8-13-24(21)26/h7-9,11-14,16-17,22-23H,3,5-6,10,15H2,1-2,4H3. The lowest BCUT2D eigenvalue weighted by molar-refractivity contribution is 0.429. The summed E-state index contributed by atoms with van der Waals surface area (Å²) in [6, 6.07) is 16.6. The van der Waals surface area contributed by atoms with E-state index in [1.165, 1.54) is 11.1 Å². The van der Waals surface area contributed by atoms with E-state index in [9.17, 15) is 5.26 Å². The average Bonchev–Trinajstić information content (AvgIpc) is 3.24. The lowest BCUT2D eigenvalue weighted by atomic mass is 9.77. The van der Waals surface area contributed by atoms with E-state index in [1.807, 2.05) is 28.8 Å². The van der Waals surface area contributed by atoms with E-state index in [1.54, 1.807) is 0 Å². The lowest BCUT2D eigenvalue weighted by Gasteiger charge is -2.29. The topological polar surface area (TPSA) is 54.5 Å². The first kappa shape index (κ1) is 21.8. The van der Waals surface area contributed by atoms with Crippen molar-refractivity contribution in [2.75, 3.05) is 0 Å². The first-order chi connectivity index (χ1) is 15.6. The van der Waals surface area contributed by atoms with Crippen LogP contribution in [0.5, 0.6) is 0 Å². The largest absolute Gasteiger partial charge is 0.266 e. The number of nitrogens with zero attached hydrogens (tertiary/aromatic N) is 4. The molecule has 0 radical (unpaired) electrons. The molecule has 162 valence electrons. The monoisotopic (exact) mass is 422 g/mol. The van der Waals surface area contributed by atoms with Crippen LogP contribution in [-0.4, -0.2) is 14.8 Å². The smallest absolute Gasteiger partial charge is 0.239 e. The van der Waals surface area contributed by atoms with Gasteiger partial charge >= 0.3 is 0 Å². The van der Waals surface area contributed by atoms with Crippen LogP contribution in [0.1, 0.15) is 58.1 Å². The number of rotatable bonds is 7. The normalized spacial score (nSPS) is 18.2. The summed E-state index contributed by atoms with van der Waals surface area (Å²) in [7, 11) is 0. The van der Waals surface area contributed by atoms with Gasteiger partial charge in [-0.2, -0.15) is 5.26 Å².